The van der Waals surface area contributed by atoms with Crippen LogP contribution in [0.15, 0.2) is 30.3 Å². The summed E-state index contributed by atoms with van der Waals surface area (Å²) in [6.45, 7) is -2.21. The number of carbonyl (C=O) groups excluding carboxylic acids is 1. The van der Waals surface area contributed by atoms with Crippen LogP contribution in [0.5, 0.6) is 0 Å². The lowest BCUT2D eigenvalue weighted by molar-refractivity contribution is -0.271. The van der Waals surface area contributed by atoms with E-state index in [1.807, 2.05) is 0 Å². The molecular formula is C11H11F3O4. The largest absolute Gasteiger partial charge is 0.458 e. The van der Waals surface area contributed by atoms with Crippen LogP contribution in [-0.2, 0) is 16.1 Å². The minimum absolute atomic E-state index is 0.419. The lowest BCUT2D eigenvalue weighted by Gasteiger charge is -2.25. The Bertz CT molecular complexity index is 404. The van der Waals surface area contributed by atoms with Crippen LogP contribution in [0.2, 0.25) is 0 Å². The Balaban J connectivity index is 2.70. The predicted molar refractivity (Wildman–Crippen MR) is 54.3 cm³/mol. The van der Waals surface area contributed by atoms with Crippen molar-refractivity contribution in [2.24, 2.45) is 0 Å². The van der Waals surface area contributed by atoms with Crippen molar-refractivity contribution in [1.82, 2.24) is 0 Å². The highest BCUT2D eigenvalue weighted by atomic mass is 19.4. The van der Waals surface area contributed by atoms with E-state index in [0.29, 0.717) is 5.56 Å². The molecule has 1 atom stereocenters. The van der Waals surface area contributed by atoms with E-state index in [9.17, 15) is 18.0 Å². The van der Waals surface area contributed by atoms with Crippen molar-refractivity contribution in [3.8, 4) is 0 Å². The summed E-state index contributed by atoms with van der Waals surface area (Å²) in [7, 11) is 0. The molecule has 1 aromatic carbocycles. The molecule has 0 saturated carbocycles. The van der Waals surface area contributed by atoms with Gasteiger partial charge in [-0.2, -0.15) is 13.2 Å². The molecule has 0 radical (unpaired) electrons. The number of ether oxygens (including phenoxy) is 1. The molecule has 4 nitrogen and oxygen atoms in total. The van der Waals surface area contributed by atoms with Crippen LogP contribution < -0.4 is 0 Å². The summed E-state index contributed by atoms with van der Waals surface area (Å²) in [6, 6.07) is 8.00. The third-order valence-corrected chi connectivity index (χ3v) is 2.25. The number of aliphatic hydroxyl groups is 2. The van der Waals surface area contributed by atoms with Crippen molar-refractivity contribution in [2.75, 3.05) is 6.61 Å². The van der Waals surface area contributed by atoms with E-state index in [1.54, 1.807) is 30.3 Å². The lowest BCUT2D eigenvalue weighted by Crippen LogP contribution is -2.55. The van der Waals surface area contributed by atoms with Gasteiger partial charge in [-0.25, -0.2) is 4.79 Å². The van der Waals surface area contributed by atoms with Crippen molar-refractivity contribution >= 4 is 5.97 Å². The molecule has 0 aromatic heterocycles. The van der Waals surface area contributed by atoms with Gasteiger partial charge in [0.05, 0.1) is 6.61 Å². The molecule has 0 saturated heterocycles. The first-order chi connectivity index (χ1) is 8.31. The smallest absolute Gasteiger partial charge is 0.430 e. The fourth-order valence-corrected chi connectivity index (χ4v) is 1.11. The second kappa shape index (κ2) is 5.36. The van der Waals surface area contributed by atoms with Crippen molar-refractivity contribution in [3.05, 3.63) is 35.9 Å². The highest BCUT2D eigenvalue weighted by Gasteiger charge is 2.60. The van der Waals surface area contributed by atoms with Gasteiger partial charge < -0.3 is 14.9 Å². The van der Waals surface area contributed by atoms with Crippen molar-refractivity contribution < 1.29 is 32.9 Å². The van der Waals surface area contributed by atoms with E-state index in [1.165, 1.54) is 0 Å². The third-order valence-electron chi connectivity index (χ3n) is 2.25. The molecule has 0 fully saturated rings. The van der Waals surface area contributed by atoms with Crippen LogP contribution in [0.25, 0.3) is 0 Å². The summed E-state index contributed by atoms with van der Waals surface area (Å²) in [6.07, 6.45) is -5.30. The van der Waals surface area contributed by atoms with Crippen molar-refractivity contribution in [3.63, 3.8) is 0 Å². The summed E-state index contributed by atoms with van der Waals surface area (Å²) in [5, 5.41) is 17.6. The van der Waals surface area contributed by atoms with Gasteiger partial charge in [-0.3, -0.25) is 0 Å². The normalized spacial score (nSPS) is 14.9. The standard InChI is InChI=1S/C11H11F3O4/c12-11(13,14)10(17,7-15)9(16)18-6-8-4-2-1-3-5-8/h1-5,15,17H,6-7H2/t10-/m0/s1. The lowest BCUT2D eigenvalue weighted by atomic mass is 10.1. The molecule has 100 valence electrons. The maximum absolute atomic E-state index is 12.4. The quantitative estimate of drug-likeness (QED) is 0.797. The highest BCUT2D eigenvalue weighted by Crippen LogP contribution is 2.31. The number of halogens is 3. The van der Waals surface area contributed by atoms with Gasteiger partial charge in [-0.15, -0.1) is 0 Å². The zero-order chi connectivity index (χ0) is 13.8. The van der Waals surface area contributed by atoms with Gasteiger partial charge in [-0.1, -0.05) is 30.3 Å². The fraction of sp³-hybridized carbons (Fsp3) is 0.364. The van der Waals surface area contributed by atoms with Gasteiger partial charge in [0, 0.05) is 0 Å². The molecule has 0 aliphatic rings. The van der Waals surface area contributed by atoms with E-state index >= 15 is 0 Å². The average Bonchev–Trinajstić information content (AvgIpc) is 2.34. The molecule has 7 heteroatoms. The topological polar surface area (TPSA) is 66.8 Å². The second-order valence-electron chi connectivity index (χ2n) is 3.58. The number of aliphatic hydroxyl groups excluding tert-OH is 1. The molecule has 0 aliphatic heterocycles. The van der Waals surface area contributed by atoms with Crippen LogP contribution in [-0.4, -0.2) is 34.6 Å². The summed E-state index contributed by atoms with van der Waals surface area (Å²) < 4.78 is 41.5. The van der Waals surface area contributed by atoms with E-state index in [2.05, 4.69) is 4.74 Å². The average molecular weight is 264 g/mol. The Morgan fingerprint density at radius 1 is 1.22 bits per heavy atom. The number of hydrogen-bond acceptors (Lipinski definition) is 4. The van der Waals surface area contributed by atoms with E-state index in [0.717, 1.165) is 0 Å². The number of benzene rings is 1. The van der Waals surface area contributed by atoms with Crippen molar-refractivity contribution in [2.45, 2.75) is 18.4 Å². The van der Waals surface area contributed by atoms with Crippen LogP contribution in [0, 0.1) is 0 Å². The van der Waals surface area contributed by atoms with Crippen LogP contribution in [0.1, 0.15) is 5.56 Å². The first-order valence-electron chi connectivity index (χ1n) is 4.92. The SMILES string of the molecule is O=C(OCc1ccccc1)[C@@](O)(CO)C(F)(F)F. The maximum Gasteiger partial charge on any atom is 0.430 e. The zero-order valence-electron chi connectivity index (χ0n) is 9.15. The van der Waals surface area contributed by atoms with Gasteiger partial charge in [0.25, 0.3) is 5.60 Å². The van der Waals surface area contributed by atoms with Crippen molar-refractivity contribution in [1.29, 1.82) is 0 Å². The van der Waals surface area contributed by atoms with Crippen LogP contribution in [0.3, 0.4) is 0 Å². The van der Waals surface area contributed by atoms with Gasteiger partial charge >= 0.3 is 12.1 Å². The monoisotopic (exact) mass is 264 g/mol. The minimum atomic E-state index is -5.30. The summed E-state index contributed by atoms with van der Waals surface area (Å²) in [5.74, 6) is -1.93. The van der Waals surface area contributed by atoms with E-state index in [4.69, 9.17) is 10.2 Å². The molecule has 0 aliphatic carbocycles. The van der Waals surface area contributed by atoms with Crippen LogP contribution in [0.4, 0.5) is 13.2 Å². The predicted octanol–water partition coefficient (Wildman–Crippen LogP) is 1.02. The molecule has 0 spiro atoms. The van der Waals surface area contributed by atoms with Gasteiger partial charge in [0.1, 0.15) is 6.61 Å². The van der Waals surface area contributed by atoms with E-state index in [-0.39, 0.29) is 0 Å². The number of carbonyl (C=O) groups is 1. The molecular weight excluding hydrogens is 253 g/mol. The highest BCUT2D eigenvalue weighted by molar-refractivity contribution is 5.80. The number of rotatable bonds is 4. The summed E-state index contributed by atoms with van der Waals surface area (Å²) in [5.41, 5.74) is -3.42. The van der Waals surface area contributed by atoms with Gasteiger partial charge in [0.15, 0.2) is 0 Å². The summed E-state index contributed by atoms with van der Waals surface area (Å²) in [4.78, 5) is 11.2. The fourth-order valence-electron chi connectivity index (χ4n) is 1.11. The third kappa shape index (κ3) is 2.99. The van der Waals surface area contributed by atoms with Gasteiger partial charge in [0.2, 0.25) is 0 Å². The summed E-state index contributed by atoms with van der Waals surface area (Å²) >= 11 is 0. The Morgan fingerprint density at radius 3 is 2.22 bits per heavy atom. The molecule has 0 unspecified atom stereocenters. The molecule has 0 amide bonds. The zero-order valence-corrected chi connectivity index (χ0v) is 9.15. The Kier molecular flexibility index (Phi) is 4.31. The Labute approximate surface area is 101 Å². The Hall–Kier alpha value is -1.60. The molecule has 18 heavy (non-hydrogen) atoms. The molecule has 1 rings (SSSR count). The Morgan fingerprint density at radius 2 is 1.78 bits per heavy atom. The molecule has 0 heterocycles. The minimum Gasteiger partial charge on any atom is -0.458 e. The molecule has 0 bridgehead atoms. The van der Waals surface area contributed by atoms with Gasteiger partial charge in [-0.05, 0) is 5.56 Å². The molecule has 1 aromatic rings. The number of alkyl halides is 3. The first kappa shape index (κ1) is 14.5. The molecule has 2 N–H and O–H groups in total. The number of esters is 1. The second-order valence-corrected chi connectivity index (χ2v) is 3.58. The maximum atomic E-state index is 12.4. The number of hydrogen-bond donors (Lipinski definition) is 2. The van der Waals surface area contributed by atoms with E-state index < -0.39 is 31.0 Å². The van der Waals surface area contributed by atoms with Crippen LogP contribution >= 0.6 is 0 Å². The first-order valence-corrected chi connectivity index (χ1v) is 4.92.